The van der Waals surface area contributed by atoms with Gasteiger partial charge in [0.2, 0.25) is 5.91 Å². The molecule has 1 aliphatic heterocycles. The fourth-order valence-corrected chi connectivity index (χ4v) is 2.21. The van der Waals surface area contributed by atoms with Crippen LogP contribution in [0.3, 0.4) is 0 Å². The Kier molecular flexibility index (Phi) is 3.83. The number of amides is 2. The molecule has 2 rings (SSSR count). The molecule has 1 saturated heterocycles. The lowest BCUT2D eigenvalue weighted by atomic mass is 10.0. The average molecular weight is 264 g/mol. The van der Waals surface area contributed by atoms with Gasteiger partial charge in [0, 0.05) is 26.1 Å². The van der Waals surface area contributed by atoms with Crippen molar-refractivity contribution < 1.29 is 14.0 Å². The van der Waals surface area contributed by atoms with E-state index in [0.717, 1.165) is 5.56 Å². The predicted octanol–water partition coefficient (Wildman–Crippen LogP) is 1.48. The molecule has 1 aromatic carbocycles. The van der Waals surface area contributed by atoms with Gasteiger partial charge in [-0.1, -0.05) is 11.6 Å². The lowest BCUT2D eigenvalue weighted by Crippen LogP contribution is -2.48. The third-order valence-corrected chi connectivity index (χ3v) is 3.33. The number of rotatable bonds is 2. The molecule has 1 unspecified atom stereocenters. The van der Waals surface area contributed by atoms with Gasteiger partial charge in [0.1, 0.15) is 5.82 Å². The molecule has 1 aromatic rings. The maximum atomic E-state index is 13.6. The summed E-state index contributed by atoms with van der Waals surface area (Å²) in [5, 5.41) is 2.78. The fourth-order valence-electron chi connectivity index (χ4n) is 2.21. The molecule has 1 aliphatic rings. The number of nitrogens with zero attached hydrogens (tertiary/aromatic N) is 1. The van der Waals surface area contributed by atoms with E-state index < -0.39 is 11.7 Å². The van der Waals surface area contributed by atoms with Crippen LogP contribution in [0.5, 0.6) is 0 Å². The van der Waals surface area contributed by atoms with Crippen molar-refractivity contribution in [1.29, 1.82) is 0 Å². The monoisotopic (exact) mass is 264 g/mol. The number of carbonyl (C=O) groups excluding carboxylic acids is 2. The van der Waals surface area contributed by atoms with E-state index in [9.17, 15) is 14.0 Å². The van der Waals surface area contributed by atoms with Crippen LogP contribution in [-0.4, -0.2) is 36.3 Å². The molecule has 5 heteroatoms. The highest BCUT2D eigenvalue weighted by Gasteiger charge is 2.25. The van der Waals surface area contributed by atoms with Crippen LogP contribution >= 0.6 is 0 Å². The van der Waals surface area contributed by atoms with Gasteiger partial charge >= 0.3 is 0 Å². The van der Waals surface area contributed by atoms with Crippen LogP contribution in [0.2, 0.25) is 0 Å². The molecule has 4 nitrogen and oxygen atoms in total. The zero-order valence-electron chi connectivity index (χ0n) is 11.1. The molecular weight excluding hydrogens is 247 g/mol. The zero-order chi connectivity index (χ0) is 14.0. The standard InChI is InChI=1S/C14H17FN2O2/c1-9-3-5-12(15)11(7-9)14(19)16-10-4-6-13(18)17(2)8-10/h3,5,7,10H,4,6,8H2,1-2H3,(H,16,19). The normalized spacial score (nSPS) is 19.4. The Hall–Kier alpha value is -1.91. The Bertz CT molecular complexity index is 516. The molecule has 1 N–H and O–H groups in total. The number of likely N-dealkylation sites (N-methyl/N-ethyl adjacent to an activating group) is 1. The maximum absolute atomic E-state index is 13.6. The highest BCUT2D eigenvalue weighted by Crippen LogP contribution is 2.13. The van der Waals surface area contributed by atoms with Crippen molar-refractivity contribution in [3.63, 3.8) is 0 Å². The Balaban J connectivity index is 2.05. The summed E-state index contributed by atoms with van der Waals surface area (Å²) in [5.41, 5.74) is 0.891. The Labute approximate surface area is 111 Å². The van der Waals surface area contributed by atoms with Crippen LogP contribution in [-0.2, 0) is 4.79 Å². The summed E-state index contributed by atoms with van der Waals surface area (Å²) in [6, 6.07) is 4.33. The zero-order valence-corrected chi connectivity index (χ0v) is 11.1. The summed E-state index contributed by atoms with van der Waals surface area (Å²) in [4.78, 5) is 25.0. The topological polar surface area (TPSA) is 49.4 Å². The molecule has 1 fully saturated rings. The maximum Gasteiger partial charge on any atom is 0.254 e. The quantitative estimate of drug-likeness (QED) is 0.879. The van der Waals surface area contributed by atoms with E-state index in [1.165, 1.54) is 12.1 Å². The van der Waals surface area contributed by atoms with Gasteiger partial charge in [0.15, 0.2) is 0 Å². The third kappa shape index (κ3) is 3.10. The number of aryl methyl sites for hydroxylation is 1. The molecule has 0 bridgehead atoms. The first-order valence-corrected chi connectivity index (χ1v) is 6.28. The van der Waals surface area contributed by atoms with Crippen LogP contribution < -0.4 is 5.32 Å². The highest BCUT2D eigenvalue weighted by atomic mass is 19.1. The molecule has 19 heavy (non-hydrogen) atoms. The van der Waals surface area contributed by atoms with Crippen molar-refractivity contribution in [3.8, 4) is 0 Å². The van der Waals surface area contributed by atoms with E-state index in [-0.39, 0.29) is 17.5 Å². The number of likely N-dealkylation sites (tertiary alicyclic amines) is 1. The Morgan fingerprint density at radius 1 is 1.47 bits per heavy atom. The van der Waals surface area contributed by atoms with Gasteiger partial charge in [-0.05, 0) is 25.5 Å². The molecule has 0 aliphatic carbocycles. The molecule has 0 radical (unpaired) electrons. The van der Waals surface area contributed by atoms with Crippen LogP contribution in [0.4, 0.5) is 4.39 Å². The van der Waals surface area contributed by atoms with E-state index in [1.54, 1.807) is 18.0 Å². The van der Waals surface area contributed by atoms with Crippen molar-refractivity contribution >= 4 is 11.8 Å². The summed E-state index contributed by atoms with van der Waals surface area (Å²) in [7, 11) is 1.70. The van der Waals surface area contributed by atoms with Crippen molar-refractivity contribution in [2.24, 2.45) is 0 Å². The van der Waals surface area contributed by atoms with Crippen LogP contribution in [0.1, 0.15) is 28.8 Å². The van der Waals surface area contributed by atoms with E-state index in [4.69, 9.17) is 0 Å². The summed E-state index contributed by atoms with van der Waals surface area (Å²) in [5.74, 6) is -0.871. The number of halogens is 1. The molecule has 0 aromatic heterocycles. The summed E-state index contributed by atoms with van der Waals surface area (Å²) >= 11 is 0. The number of hydrogen-bond donors (Lipinski definition) is 1. The third-order valence-electron chi connectivity index (χ3n) is 3.33. The van der Waals surface area contributed by atoms with Gasteiger partial charge in [-0.2, -0.15) is 0 Å². The largest absolute Gasteiger partial charge is 0.347 e. The number of carbonyl (C=O) groups is 2. The second-order valence-corrected chi connectivity index (χ2v) is 4.97. The Morgan fingerprint density at radius 2 is 2.21 bits per heavy atom. The number of hydrogen-bond acceptors (Lipinski definition) is 2. The first kappa shape index (κ1) is 13.5. The van der Waals surface area contributed by atoms with Crippen molar-refractivity contribution in [1.82, 2.24) is 10.2 Å². The van der Waals surface area contributed by atoms with Gasteiger partial charge in [-0.25, -0.2) is 4.39 Å². The minimum atomic E-state index is -0.525. The second kappa shape index (κ2) is 5.38. The van der Waals surface area contributed by atoms with E-state index in [2.05, 4.69) is 5.32 Å². The first-order chi connectivity index (χ1) is 8.97. The van der Waals surface area contributed by atoms with E-state index >= 15 is 0 Å². The van der Waals surface area contributed by atoms with Crippen LogP contribution in [0.15, 0.2) is 18.2 Å². The van der Waals surface area contributed by atoms with Gasteiger partial charge < -0.3 is 10.2 Å². The fraction of sp³-hybridized carbons (Fsp3) is 0.429. The number of benzene rings is 1. The molecule has 102 valence electrons. The van der Waals surface area contributed by atoms with Gasteiger partial charge in [-0.15, -0.1) is 0 Å². The lowest BCUT2D eigenvalue weighted by Gasteiger charge is -2.30. The smallest absolute Gasteiger partial charge is 0.254 e. The molecule has 0 spiro atoms. The second-order valence-electron chi connectivity index (χ2n) is 4.97. The molecule has 1 atom stereocenters. The minimum Gasteiger partial charge on any atom is -0.347 e. The van der Waals surface area contributed by atoms with Crippen LogP contribution in [0, 0.1) is 12.7 Å². The predicted molar refractivity (Wildman–Crippen MR) is 69.3 cm³/mol. The van der Waals surface area contributed by atoms with Crippen molar-refractivity contribution in [2.75, 3.05) is 13.6 Å². The highest BCUT2D eigenvalue weighted by molar-refractivity contribution is 5.95. The van der Waals surface area contributed by atoms with Crippen molar-refractivity contribution in [2.45, 2.75) is 25.8 Å². The minimum absolute atomic E-state index is 0.0551. The summed E-state index contributed by atoms with van der Waals surface area (Å²) in [6.45, 7) is 2.28. The van der Waals surface area contributed by atoms with Gasteiger partial charge in [0.25, 0.3) is 5.91 Å². The molecule has 2 amide bonds. The average Bonchev–Trinajstić information content (AvgIpc) is 2.36. The SMILES string of the molecule is Cc1ccc(F)c(C(=O)NC2CCC(=O)N(C)C2)c1. The summed E-state index contributed by atoms with van der Waals surface area (Å²) in [6.07, 6.45) is 1.01. The van der Waals surface area contributed by atoms with Gasteiger partial charge in [-0.3, -0.25) is 9.59 Å². The van der Waals surface area contributed by atoms with E-state index in [0.29, 0.717) is 19.4 Å². The van der Waals surface area contributed by atoms with Gasteiger partial charge in [0.05, 0.1) is 5.56 Å². The first-order valence-electron chi connectivity index (χ1n) is 6.28. The Morgan fingerprint density at radius 3 is 2.89 bits per heavy atom. The van der Waals surface area contributed by atoms with E-state index in [1.807, 2.05) is 6.92 Å². The molecule has 0 saturated carbocycles. The summed E-state index contributed by atoms with van der Waals surface area (Å²) < 4.78 is 13.6. The molecule has 1 heterocycles. The van der Waals surface area contributed by atoms with Crippen molar-refractivity contribution in [3.05, 3.63) is 35.1 Å². The number of nitrogens with one attached hydrogen (secondary N) is 1. The molecular formula is C14H17FN2O2. The number of piperidine rings is 1. The van der Waals surface area contributed by atoms with Crippen LogP contribution in [0.25, 0.3) is 0 Å². The lowest BCUT2D eigenvalue weighted by molar-refractivity contribution is -0.132.